The SMILES string of the molecule is Cc1c(C(=O)O[C@@H]2CCC[C@@H]2C)[nH]c2c1C(=O)C[C@H](c1ccccc1Cl)C2. The van der Waals surface area contributed by atoms with Crippen molar-refractivity contribution >= 4 is 23.4 Å². The summed E-state index contributed by atoms with van der Waals surface area (Å²) in [5.41, 5.74) is 3.59. The van der Waals surface area contributed by atoms with Crippen molar-refractivity contribution in [2.45, 2.75) is 58.0 Å². The summed E-state index contributed by atoms with van der Waals surface area (Å²) in [4.78, 5) is 28.7. The molecule has 27 heavy (non-hydrogen) atoms. The van der Waals surface area contributed by atoms with E-state index in [0.29, 0.717) is 40.6 Å². The summed E-state index contributed by atoms with van der Waals surface area (Å²) in [6, 6.07) is 7.64. The van der Waals surface area contributed by atoms with Gasteiger partial charge in [0, 0.05) is 22.7 Å². The third kappa shape index (κ3) is 3.31. The molecule has 1 aromatic heterocycles. The Morgan fingerprint density at radius 1 is 1.22 bits per heavy atom. The van der Waals surface area contributed by atoms with Gasteiger partial charge in [-0.3, -0.25) is 4.79 Å². The van der Waals surface area contributed by atoms with Gasteiger partial charge in [-0.05, 0) is 61.6 Å². The highest BCUT2D eigenvalue weighted by Gasteiger charge is 2.34. The minimum Gasteiger partial charge on any atom is -0.457 e. The molecule has 0 saturated heterocycles. The molecule has 1 heterocycles. The summed E-state index contributed by atoms with van der Waals surface area (Å²) in [7, 11) is 0. The zero-order valence-corrected chi connectivity index (χ0v) is 16.4. The van der Waals surface area contributed by atoms with E-state index < -0.39 is 0 Å². The summed E-state index contributed by atoms with van der Waals surface area (Å²) in [5, 5.41) is 0.678. The second kappa shape index (κ2) is 7.16. The van der Waals surface area contributed by atoms with E-state index in [1.54, 1.807) is 0 Å². The highest BCUT2D eigenvalue weighted by Crippen LogP contribution is 2.38. The molecule has 0 spiro atoms. The van der Waals surface area contributed by atoms with Gasteiger partial charge in [0.05, 0.1) is 0 Å². The van der Waals surface area contributed by atoms with E-state index in [9.17, 15) is 9.59 Å². The maximum absolute atomic E-state index is 12.8. The Morgan fingerprint density at radius 3 is 2.70 bits per heavy atom. The molecule has 2 aliphatic carbocycles. The number of hydrogen-bond acceptors (Lipinski definition) is 3. The van der Waals surface area contributed by atoms with Gasteiger partial charge in [-0.25, -0.2) is 4.79 Å². The smallest absolute Gasteiger partial charge is 0.355 e. The van der Waals surface area contributed by atoms with Crippen LogP contribution in [0, 0.1) is 12.8 Å². The second-order valence-corrected chi connectivity index (χ2v) is 8.29. The Labute approximate surface area is 164 Å². The predicted octanol–water partition coefficient (Wildman–Crippen LogP) is 5.23. The molecule has 1 fully saturated rings. The number of carbonyl (C=O) groups is 2. The first-order valence-electron chi connectivity index (χ1n) is 9.65. The first kappa shape index (κ1) is 18.3. The quantitative estimate of drug-likeness (QED) is 0.735. The third-order valence-electron chi connectivity index (χ3n) is 6.08. The van der Waals surface area contributed by atoms with Crippen LogP contribution in [0.5, 0.6) is 0 Å². The summed E-state index contributed by atoms with van der Waals surface area (Å²) in [6.45, 7) is 3.95. The van der Waals surface area contributed by atoms with Crippen molar-refractivity contribution in [3.05, 3.63) is 57.4 Å². The van der Waals surface area contributed by atoms with E-state index >= 15 is 0 Å². The molecule has 4 rings (SSSR count). The Bertz CT molecular complexity index is 901. The van der Waals surface area contributed by atoms with E-state index in [2.05, 4.69) is 11.9 Å². The fourth-order valence-electron chi connectivity index (χ4n) is 4.55. The van der Waals surface area contributed by atoms with Gasteiger partial charge in [-0.2, -0.15) is 0 Å². The zero-order valence-electron chi connectivity index (χ0n) is 15.7. The lowest BCUT2D eigenvalue weighted by molar-refractivity contribution is 0.0219. The van der Waals surface area contributed by atoms with Gasteiger partial charge in [-0.1, -0.05) is 36.7 Å². The molecule has 1 aromatic carbocycles. The number of esters is 1. The van der Waals surface area contributed by atoms with E-state index in [1.165, 1.54) is 0 Å². The molecule has 4 nitrogen and oxygen atoms in total. The number of ether oxygens (including phenoxy) is 1. The van der Waals surface area contributed by atoms with Crippen LogP contribution in [0.4, 0.5) is 0 Å². The number of aromatic amines is 1. The van der Waals surface area contributed by atoms with Crippen LogP contribution < -0.4 is 0 Å². The van der Waals surface area contributed by atoms with Gasteiger partial charge >= 0.3 is 5.97 Å². The Balaban J connectivity index is 1.60. The predicted molar refractivity (Wildman–Crippen MR) is 105 cm³/mol. The average molecular weight is 386 g/mol. The van der Waals surface area contributed by atoms with Gasteiger partial charge in [0.25, 0.3) is 0 Å². The number of nitrogens with one attached hydrogen (secondary N) is 1. The molecule has 2 aromatic rings. The molecule has 2 aliphatic rings. The van der Waals surface area contributed by atoms with Crippen LogP contribution in [0.3, 0.4) is 0 Å². The molecule has 0 amide bonds. The first-order chi connectivity index (χ1) is 13.0. The molecular weight excluding hydrogens is 362 g/mol. The number of Topliss-reactive ketones (excluding diaryl/α,β-unsaturated/α-hetero) is 1. The first-order valence-corrected chi connectivity index (χ1v) is 10.0. The standard InChI is InChI=1S/C22H24ClNO3/c1-12-6-5-9-19(12)27-22(26)21-13(2)20-17(24-21)10-14(11-18(20)25)15-7-3-4-8-16(15)23/h3-4,7-8,12,14,19,24H,5-6,9-11H2,1-2H3/t12-,14+,19+/m0/s1. The normalized spacial score (nSPS) is 24.7. The fourth-order valence-corrected chi connectivity index (χ4v) is 4.84. The monoisotopic (exact) mass is 385 g/mol. The van der Waals surface area contributed by atoms with Crippen molar-refractivity contribution in [2.75, 3.05) is 0 Å². The molecule has 0 bridgehead atoms. The van der Waals surface area contributed by atoms with Crippen LogP contribution in [0.1, 0.15) is 76.2 Å². The Kier molecular flexibility index (Phi) is 4.85. The van der Waals surface area contributed by atoms with Crippen LogP contribution in [-0.4, -0.2) is 22.8 Å². The van der Waals surface area contributed by atoms with E-state index in [-0.39, 0.29) is 23.8 Å². The van der Waals surface area contributed by atoms with Crippen molar-refractivity contribution in [3.8, 4) is 0 Å². The van der Waals surface area contributed by atoms with Crippen LogP contribution in [0.25, 0.3) is 0 Å². The van der Waals surface area contributed by atoms with Gasteiger partial charge in [0.15, 0.2) is 5.78 Å². The number of fused-ring (bicyclic) bond motifs is 1. The van der Waals surface area contributed by atoms with Crippen molar-refractivity contribution in [1.82, 2.24) is 4.98 Å². The maximum Gasteiger partial charge on any atom is 0.355 e. The highest BCUT2D eigenvalue weighted by atomic mass is 35.5. The van der Waals surface area contributed by atoms with Gasteiger partial charge in [0.1, 0.15) is 11.8 Å². The molecule has 142 valence electrons. The minimum atomic E-state index is -0.345. The van der Waals surface area contributed by atoms with Crippen LogP contribution in [0.2, 0.25) is 5.02 Å². The number of H-pyrrole nitrogens is 1. The maximum atomic E-state index is 12.8. The molecule has 1 saturated carbocycles. The molecule has 1 N–H and O–H groups in total. The van der Waals surface area contributed by atoms with Gasteiger partial charge in [-0.15, -0.1) is 0 Å². The summed E-state index contributed by atoms with van der Waals surface area (Å²) in [5.74, 6) is 0.131. The summed E-state index contributed by atoms with van der Waals surface area (Å²) < 4.78 is 5.73. The van der Waals surface area contributed by atoms with E-state index in [4.69, 9.17) is 16.3 Å². The zero-order chi connectivity index (χ0) is 19.1. The van der Waals surface area contributed by atoms with Crippen LogP contribution in [0.15, 0.2) is 24.3 Å². The number of halogens is 1. The van der Waals surface area contributed by atoms with Gasteiger partial charge in [0.2, 0.25) is 0 Å². The lowest BCUT2D eigenvalue weighted by Crippen LogP contribution is -2.21. The number of hydrogen-bond donors (Lipinski definition) is 1. The second-order valence-electron chi connectivity index (χ2n) is 7.88. The van der Waals surface area contributed by atoms with Crippen molar-refractivity contribution in [1.29, 1.82) is 0 Å². The summed E-state index contributed by atoms with van der Waals surface area (Å²) >= 11 is 6.33. The Hall–Kier alpha value is -2.07. The molecular formula is C22H24ClNO3. The molecule has 0 radical (unpaired) electrons. The van der Waals surface area contributed by atoms with Crippen LogP contribution in [-0.2, 0) is 11.2 Å². The summed E-state index contributed by atoms with van der Waals surface area (Å²) in [6.07, 6.45) is 4.15. The topological polar surface area (TPSA) is 59.2 Å². The van der Waals surface area contributed by atoms with Crippen molar-refractivity contribution in [2.24, 2.45) is 5.92 Å². The number of benzene rings is 1. The Morgan fingerprint density at radius 2 is 2.00 bits per heavy atom. The minimum absolute atomic E-state index is 0.0236. The van der Waals surface area contributed by atoms with Crippen LogP contribution >= 0.6 is 11.6 Å². The number of rotatable bonds is 3. The fraction of sp³-hybridized carbons (Fsp3) is 0.455. The molecule has 5 heteroatoms. The third-order valence-corrected chi connectivity index (χ3v) is 6.42. The number of aromatic nitrogens is 1. The average Bonchev–Trinajstić information content (AvgIpc) is 3.19. The lowest BCUT2D eigenvalue weighted by Gasteiger charge is -2.22. The van der Waals surface area contributed by atoms with Crippen molar-refractivity contribution < 1.29 is 14.3 Å². The number of ketones is 1. The van der Waals surface area contributed by atoms with Gasteiger partial charge < -0.3 is 9.72 Å². The lowest BCUT2D eigenvalue weighted by atomic mass is 9.81. The highest BCUT2D eigenvalue weighted by molar-refractivity contribution is 6.31. The largest absolute Gasteiger partial charge is 0.457 e. The van der Waals surface area contributed by atoms with E-state index in [1.807, 2.05) is 31.2 Å². The molecule has 3 atom stereocenters. The van der Waals surface area contributed by atoms with Crippen molar-refractivity contribution in [3.63, 3.8) is 0 Å². The van der Waals surface area contributed by atoms with E-state index in [0.717, 1.165) is 30.5 Å². The molecule has 0 unspecified atom stereocenters. The number of carbonyl (C=O) groups excluding carboxylic acids is 2. The molecule has 0 aliphatic heterocycles.